The van der Waals surface area contributed by atoms with Crippen molar-refractivity contribution in [2.45, 2.75) is 43.8 Å². The third-order valence-corrected chi connectivity index (χ3v) is 2.88. The van der Waals surface area contributed by atoms with Gasteiger partial charge in [-0.3, -0.25) is 4.79 Å². The van der Waals surface area contributed by atoms with Crippen molar-refractivity contribution in [3.8, 4) is 0 Å². The zero-order chi connectivity index (χ0) is 9.15. The maximum absolute atomic E-state index is 10.2. The molecule has 4 nitrogen and oxygen atoms in total. The molecule has 0 aromatic carbocycles. The number of carbonyl (C=O) groups is 1. The van der Waals surface area contributed by atoms with Crippen molar-refractivity contribution in [3.63, 3.8) is 0 Å². The van der Waals surface area contributed by atoms with Crippen LogP contribution in [0.5, 0.6) is 0 Å². The summed E-state index contributed by atoms with van der Waals surface area (Å²) in [7, 11) is 0. The minimum absolute atomic E-state index is 0.0212. The quantitative estimate of drug-likeness (QED) is 0.480. The Morgan fingerprint density at radius 3 is 3.08 bits per heavy atom. The first kappa shape index (κ1) is 8.97. The lowest BCUT2D eigenvalue weighted by atomic mass is 9.81. The summed E-state index contributed by atoms with van der Waals surface area (Å²) in [4.78, 5) is 20.4. The molecule has 0 aromatic rings. The number of ether oxygens (including phenoxy) is 1. The van der Waals surface area contributed by atoms with Crippen molar-refractivity contribution in [1.29, 1.82) is 0 Å². The highest BCUT2D eigenvalue weighted by Crippen LogP contribution is 2.38. The molecule has 2 aliphatic rings. The van der Waals surface area contributed by atoms with Crippen molar-refractivity contribution in [3.05, 3.63) is 0 Å². The zero-order valence-corrected chi connectivity index (χ0v) is 7.53. The molecule has 1 aliphatic heterocycles. The lowest BCUT2D eigenvalue weighted by molar-refractivity contribution is -0.318. The Labute approximate surface area is 77.1 Å². The molecule has 2 atom stereocenters. The third-order valence-electron chi connectivity index (χ3n) is 2.88. The summed E-state index contributed by atoms with van der Waals surface area (Å²) in [6.07, 6.45) is 4.74. The van der Waals surface area contributed by atoms with Crippen molar-refractivity contribution in [2.75, 3.05) is 6.61 Å². The highest BCUT2D eigenvalue weighted by atomic mass is 17.2. The lowest BCUT2D eigenvalue weighted by Crippen LogP contribution is -2.37. The SMILES string of the molecule is O=COC1CCCC2(CCOO2)C1. The Bertz CT molecular complexity index is 186. The fourth-order valence-corrected chi connectivity index (χ4v) is 2.20. The molecule has 1 spiro atoms. The molecule has 2 rings (SSSR count). The average Bonchev–Trinajstić information content (AvgIpc) is 2.54. The highest BCUT2D eigenvalue weighted by Gasteiger charge is 2.42. The van der Waals surface area contributed by atoms with Crippen molar-refractivity contribution in [1.82, 2.24) is 0 Å². The maximum Gasteiger partial charge on any atom is 0.293 e. The molecule has 2 fully saturated rings. The second-order valence-corrected chi connectivity index (χ2v) is 3.79. The van der Waals surface area contributed by atoms with Gasteiger partial charge in [0.2, 0.25) is 0 Å². The summed E-state index contributed by atoms with van der Waals surface area (Å²) >= 11 is 0. The van der Waals surface area contributed by atoms with Crippen molar-refractivity contribution < 1.29 is 19.3 Å². The third kappa shape index (κ3) is 1.84. The molecule has 1 saturated heterocycles. The Balaban J connectivity index is 1.94. The molecular weight excluding hydrogens is 172 g/mol. The van der Waals surface area contributed by atoms with E-state index in [0.717, 1.165) is 32.1 Å². The molecule has 0 bridgehead atoms. The van der Waals surface area contributed by atoms with Gasteiger partial charge in [0.25, 0.3) is 6.47 Å². The highest BCUT2D eigenvalue weighted by molar-refractivity contribution is 5.37. The molecule has 4 heteroatoms. The van der Waals surface area contributed by atoms with Gasteiger partial charge in [-0.05, 0) is 19.3 Å². The summed E-state index contributed by atoms with van der Waals surface area (Å²) in [5, 5.41) is 0. The van der Waals surface area contributed by atoms with Crippen LogP contribution < -0.4 is 0 Å². The van der Waals surface area contributed by atoms with Crippen LogP contribution in [-0.4, -0.2) is 24.8 Å². The molecule has 74 valence electrons. The van der Waals surface area contributed by atoms with Crippen LogP contribution in [0.1, 0.15) is 32.1 Å². The number of rotatable bonds is 2. The van der Waals surface area contributed by atoms with E-state index in [9.17, 15) is 4.79 Å². The average molecular weight is 186 g/mol. The van der Waals surface area contributed by atoms with E-state index in [0.29, 0.717) is 13.1 Å². The smallest absolute Gasteiger partial charge is 0.293 e. The monoisotopic (exact) mass is 186 g/mol. The summed E-state index contributed by atoms with van der Waals surface area (Å²) in [5.74, 6) is 0. The largest absolute Gasteiger partial charge is 0.464 e. The van der Waals surface area contributed by atoms with Crippen molar-refractivity contribution >= 4 is 6.47 Å². The Morgan fingerprint density at radius 1 is 1.46 bits per heavy atom. The first-order valence-electron chi connectivity index (χ1n) is 4.74. The molecular formula is C9H14O4. The van der Waals surface area contributed by atoms with Gasteiger partial charge >= 0.3 is 0 Å². The molecule has 0 N–H and O–H groups in total. The van der Waals surface area contributed by atoms with Gasteiger partial charge in [0.05, 0.1) is 6.61 Å². The summed E-state index contributed by atoms with van der Waals surface area (Å²) in [6.45, 7) is 1.19. The standard InChI is InChI=1S/C9H14O4/c10-7-11-8-2-1-3-9(6-8)4-5-12-13-9/h7-8H,1-6H2. The van der Waals surface area contributed by atoms with Gasteiger partial charge in [-0.2, -0.15) is 0 Å². The lowest BCUT2D eigenvalue weighted by Gasteiger charge is -2.33. The topological polar surface area (TPSA) is 44.8 Å². The van der Waals surface area contributed by atoms with E-state index in [2.05, 4.69) is 0 Å². The first-order chi connectivity index (χ1) is 6.35. The second kappa shape index (κ2) is 3.64. The fourth-order valence-electron chi connectivity index (χ4n) is 2.20. The molecule has 1 heterocycles. The minimum atomic E-state index is -0.161. The van der Waals surface area contributed by atoms with E-state index >= 15 is 0 Å². The van der Waals surface area contributed by atoms with Crippen LogP contribution in [0.15, 0.2) is 0 Å². The van der Waals surface area contributed by atoms with Crippen LogP contribution in [-0.2, 0) is 19.3 Å². The van der Waals surface area contributed by atoms with Crippen LogP contribution in [0.4, 0.5) is 0 Å². The van der Waals surface area contributed by atoms with Gasteiger partial charge in [-0.25, -0.2) is 9.78 Å². The van der Waals surface area contributed by atoms with E-state index in [1.165, 1.54) is 0 Å². The molecule has 2 unspecified atom stereocenters. The Morgan fingerprint density at radius 2 is 2.38 bits per heavy atom. The summed E-state index contributed by atoms with van der Waals surface area (Å²) in [5.41, 5.74) is -0.161. The number of carbonyl (C=O) groups excluding carboxylic acids is 1. The fraction of sp³-hybridized carbons (Fsp3) is 0.889. The summed E-state index contributed by atoms with van der Waals surface area (Å²) < 4.78 is 4.95. The van der Waals surface area contributed by atoms with E-state index in [1.807, 2.05) is 0 Å². The van der Waals surface area contributed by atoms with Gasteiger partial charge in [-0.1, -0.05) is 0 Å². The van der Waals surface area contributed by atoms with Gasteiger partial charge in [0, 0.05) is 12.8 Å². The van der Waals surface area contributed by atoms with Gasteiger partial charge in [0.1, 0.15) is 11.7 Å². The molecule has 0 aromatic heterocycles. The predicted octanol–water partition coefficient (Wildman–Crippen LogP) is 1.19. The Hall–Kier alpha value is -0.610. The second-order valence-electron chi connectivity index (χ2n) is 3.79. The van der Waals surface area contributed by atoms with Crippen LogP contribution in [0, 0.1) is 0 Å². The summed E-state index contributed by atoms with van der Waals surface area (Å²) in [6, 6.07) is 0. The molecule has 1 saturated carbocycles. The van der Waals surface area contributed by atoms with Gasteiger partial charge in [0.15, 0.2) is 0 Å². The van der Waals surface area contributed by atoms with Crippen LogP contribution in [0.2, 0.25) is 0 Å². The van der Waals surface area contributed by atoms with Crippen LogP contribution >= 0.6 is 0 Å². The van der Waals surface area contributed by atoms with Crippen LogP contribution in [0.3, 0.4) is 0 Å². The minimum Gasteiger partial charge on any atom is -0.464 e. The van der Waals surface area contributed by atoms with E-state index < -0.39 is 0 Å². The number of hydrogen-bond donors (Lipinski definition) is 0. The van der Waals surface area contributed by atoms with E-state index in [-0.39, 0.29) is 11.7 Å². The number of hydrogen-bond acceptors (Lipinski definition) is 4. The maximum atomic E-state index is 10.2. The van der Waals surface area contributed by atoms with Crippen LogP contribution in [0.25, 0.3) is 0 Å². The van der Waals surface area contributed by atoms with Gasteiger partial charge in [-0.15, -0.1) is 0 Å². The molecule has 0 amide bonds. The molecule has 1 aliphatic carbocycles. The Kier molecular flexibility index (Phi) is 2.51. The zero-order valence-electron chi connectivity index (χ0n) is 7.53. The first-order valence-corrected chi connectivity index (χ1v) is 4.74. The molecule has 0 radical (unpaired) electrons. The van der Waals surface area contributed by atoms with E-state index in [4.69, 9.17) is 14.5 Å². The predicted molar refractivity (Wildman–Crippen MR) is 43.8 cm³/mol. The normalized spacial score (nSPS) is 39.2. The molecule has 13 heavy (non-hydrogen) atoms. The van der Waals surface area contributed by atoms with E-state index in [1.54, 1.807) is 0 Å². The van der Waals surface area contributed by atoms with Crippen molar-refractivity contribution in [2.24, 2.45) is 0 Å². The van der Waals surface area contributed by atoms with Gasteiger partial charge < -0.3 is 4.74 Å².